The van der Waals surface area contributed by atoms with E-state index < -0.39 is 0 Å². The van der Waals surface area contributed by atoms with E-state index in [1.165, 1.54) is 51.4 Å². The first kappa shape index (κ1) is 28.0. The summed E-state index contributed by atoms with van der Waals surface area (Å²) in [6.07, 6.45) is 13.1. The van der Waals surface area contributed by atoms with Gasteiger partial charge in [0.2, 0.25) is 0 Å². The van der Waals surface area contributed by atoms with Gasteiger partial charge in [-0.2, -0.15) is 0 Å². The fourth-order valence-electron chi connectivity index (χ4n) is 11.6. The summed E-state index contributed by atoms with van der Waals surface area (Å²) in [7, 11) is 0. The molecule has 0 aromatic heterocycles. The molecule has 0 heteroatoms. The summed E-state index contributed by atoms with van der Waals surface area (Å²) < 4.78 is 0. The molecule has 0 N–H and O–H groups in total. The molecule has 0 aromatic carbocycles. The van der Waals surface area contributed by atoms with E-state index in [4.69, 9.17) is 0 Å². The van der Waals surface area contributed by atoms with Crippen LogP contribution in [0.1, 0.15) is 141 Å². The van der Waals surface area contributed by atoms with Crippen LogP contribution in [0.5, 0.6) is 0 Å². The summed E-state index contributed by atoms with van der Waals surface area (Å²) in [4.78, 5) is 0. The fraction of sp³-hybridized carbons (Fsp3) is 1.00. The van der Waals surface area contributed by atoms with Crippen LogP contribution < -0.4 is 0 Å². The Labute approximate surface area is 221 Å². The van der Waals surface area contributed by atoms with Crippen molar-refractivity contribution in [1.82, 2.24) is 0 Å². The normalized spacial score (nSPS) is 46.3. The first-order valence-corrected chi connectivity index (χ1v) is 16.2. The van der Waals surface area contributed by atoms with Crippen molar-refractivity contribution in [3.05, 3.63) is 0 Å². The van der Waals surface area contributed by atoms with Gasteiger partial charge in [-0.05, 0) is 113 Å². The van der Waals surface area contributed by atoms with Gasteiger partial charge in [0, 0.05) is 0 Å². The van der Waals surface area contributed by atoms with Crippen molar-refractivity contribution in [3.63, 3.8) is 0 Å². The minimum absolute atomic E-state index is 0.504. The van der Waals surface area contributed by atoms with Crippen LogP contribution in [-0.4, -0.2) is 0 Å². The third kappa shape index (κ3) is 3.94. The maximum absolute atomic E-state index is 2.73. The van der Waals surface area contributed by atoms with Gasteiger partial charge in [0.05, 0.1) is 0 Å². The molecule has 1 spiro atoms. The van der Waals surface area contributed by atoms with E-state index in [1.807, 2.05) is 0 Å². The highest BCUT2D eigenvalue weighted by atomic mass is 14.9. The first-order valence-electron chi connectivity index (χ1n) is 16.2. The zero-order chi connectivity index (χ0) is 26.1. The van der Waals surface area contributed by atoms with Gasteiger partial charge in [-0.15, -0.1) is 0 Å². The van der Waals surface area contributed by atoms with Crippen LogP contribution >= 0.6 is 0 Å². The van der Waals surface area contributed by atoms with Gasteiger partial charge in [0.25, 0.3) is 0 Å². The predicted octanol–water partition coefficient (Wildman–Crippen LogP) is 10.9. The molecule has 5 saturated carbocycles. The summed E-state index contributed by atoms with van der Waals surface area (Å²) in [6.45, 7) is 31.3. The standard InChI is InChI=1S/C35H64/c1-13-14-15-16-24(6)26(8)27(19-22(2)3)29-25(7)17-18-32(9,10)35-20-28(30(29)35)31-33(11,21-35)34(31,12)23(4)5/h22-31H,13-21H2,1-12H3. The highest BCUT2D eigenvalue weighted by molar-refractivity contribution is 5.33. The lowest BCUT2D eigenvalue weighted by molar-refractivity contribution is -0.216. The maximum atomic E-state index is 2.73. The minimum Gasteiger partial charge on any atom is -0.0654 e. The Morgan fingerprint density at radius 3 is 2.14 bits per heavy atom. The third-order valence-electron chi connectivity index (χ3n) is 14.2. The van der Waals surface area contributed by atoms with Crippen molar-refractivity contribution in [2.45, 2.75) is 141 Å². The quantitative estimate of drug-likeness (QED) is 0.270. The molecule has 0 saturated heterocycles. The maximum Gasteiger partial charge on any atom is -0.0204 e. The molecule has 5 aliphatic carbocycles. The Morgan fingerprint density at radius 1 is 0.914 bits per heavy atom. The van der Waals surface area contributed by atoms with Gasteiger partial charge < -0.3 is 0 Å². The number of rotatable bonds is 10. The highest BCUT2D eigenvalue weighted by Crippen LogP contribution is 2.91. The lowest BCUT2D eigenvalue weighted by Crippen LogP contribution is -2.63. The molecule has 0 aliphatic heterocycles. The van der Waals surface area contributed by atoms with Crippen molar-refractivity contribution in [2.75, 3.05) is 0 Å². The molecule has 5 aliphatic rings. The van der Waals surface area contributed by atoms with E-state index in [0.717, 1.165) is 59.2 Å². The summed E-state index contributed by atoms with van der Waals surface area (Å²) in [5, 5.41) is 0. The van der Waals surface area contributed by atoms with Crippen molar-refractivity contribution < 1.29 is 0 Å². The van der Waals surface area contributed by atoms with Crippen molar-refractivity contribution in [3.8, 4) is 0 Å². The van der Waals surface area contributed by atoms with Crippen molar-refractivity contribution >= 4 is 0 Å². The molecule has 0 amide bonds. The molecule has 11 atom stereocenters. The van der Waals surface area contributed by atoms with E-state index in [2.05, 4.69) is 83.1 Å². The number of hydrogen-bond acceptors (Lipinski definition) is 0. The minimum atomic E-state index is 0.504. The predicted molar refractivity (Wildman–Crippen MR) is 154 cm³/mol. The molecular formula is C35H64. The zero-order valence-corrected chi connectivity index (χ0v) is 26.1. The van der Waals surface area contributed by atoms with Gasteiger partial charge in [-0.1, -0.05) is 109 Å². The molecule has 204 valence electrons. The second-order valence-electron chi connectivity index (χ2n) is 16.7. The van der Waals surface area contributed by atoms with E-state index in [9.17, 15) is 0 Å². The molecule has 0 radical (unpaired) electrons. The molecule has 0 heterocycles. The monoisotopic (exact) mass is 485 g/mol. The van der Waals surface area contributed by atoms with Gasteiger partial charge in [-0.25, -0.2) is 0 Å². The zero-order valence-electron chi connectivity index (χ0n) is 26.1. The third-order valence-corrected chi connectivity index (χ3v) is 14.2. The molecule has 35 heavy (non-hydrogen) atoms. The van der Waals surface area contributed by atoms with Crippen LogP contribution in [0.15, 0.2) is 0 Å². The van der Waals surface area contributed by atoms with Crippen molar-refractivity contribution in [1.29, 1.82) is 0 Å². The van der Waals surface area contributed by atoms with Crippen LogP contribution in [0.4, 0.5) is 0 Å². The first-order chi connectivity index (χ1) is 16.2. The molecule has 0 nitrogen and oxygen atoms in total. The summed E-state index contributed by atoms with van der Waals surface area (Å²) in [6, 6.07) is 0. The van der Waals surface area contributed by atoms with Crippen LogP contribution in [0.25, 0.3) is 0 Å². The van der Waals surface area contributed by atoms with Crippen LogP contribution in [0.3, 0.4) is 0 Å². The Bertz CT molecular complexity index is 745. The molecule has 11 unspecified atom stereocenters. The number of hydrogen-bond donors (Lipinski definition) is 0. The Morgan fingerprint density at radius 2 is 1.57 bits per heavy atom. The van der Waals surface area contributed by atoms with Crippen molar-refractivity contribution in [2.24, 2.45) is 80.8 Å². The second-order valence-corrected chi connectivity index (χ2v) is 16.7. The topological polar surface area (TPSA) is 0 Å². The highest BCUT2D eigenvalue weighted by Gasteiger charge is 2.85. The second kappa shape index (κ2) is 9.33. The largest absolute Gasteiger partial charge is 0.0654 e. The average Bonchev–Trinajstić information content (AvgIpc) is 3.31. The lowest BCUT2D eigenvalue weighted by atomic mass is 9.35. The van der Waals surface area contributed by atoms with E-state index in [-0.39, 0.29) is 0 Å². The Balaban J connectivity index is 1.72. The van der Waals surface area contributed by atoms with Gasteiger partial charge >= 0.3 is 0 Å². The van der Waals surface area contributed by atoms with E-state index in [0.29, 0.717) is 21.7 Å². The van der Waals surface area contributed by atoms with E-state index in [1.54, 1.807) is 6.42 Å². The number of unbranched alkanes of at least 4 members (excludes halogenated alkanes) is 2. The summed E-state index contributed by atoms with van der Waals surface area (Å²) in [5.74, 6) is 9.11. The fourth-order valence-corrected chi connectivity index (χ4v) is 11.6. The smallest absolute Gasteiger partial charge is 0.0204 e. The van der Waals surface area contributed by atoms with Gasteiger partial charge in [0.15, 0.2) is 0 Å². The summed E-state index contributed by atoms with van der Waals surface area (Å²) >= 11 is 0. The Hall–Kier alpha value is 0. The SMILES string of the molecule is CCCCCC(C)C(C)C(CC(C)C)C1C(C)CCC(C)(C)C23CC(C12)C1C(C)(C3)C1(C)C(C)C. The molecule has 5 fully saturated rings. The molecule has 2 bridgehead atoms. The summed E-state index contributed by atoms with van der Waals surface area (Å²) in [5.41, 5.74) is 2.28. The van der Waals surface area contributed by atoms with Gasteiger partial charge in [0.1, 0.15) is 0 Å². The van der Waals surface area contributed by atoms with Gasteiger partial charge in [-0.3, -0.25) is 0 Å². The average molecular weight is 485 g/mol. The van der Waals surface area contributed by atoms with E-state index >= 15 is 0 Å². The molecule has 0 aromatic rings. The molecule has 5 rings (SSSR count). The van der Waals surface area contributed by atoms with Crippen LogP contribution in [0, 0.1) is 80.8 Å². The van der Waals surface area contributed by atoms with Crippen LogP contribution in [-0.2, 0) is 0 Å². The van der Waals surface area contributed by atoms with Crippen LogP contribution in [0.2, 0.25) is 0 Å². The Kier molecular flexibility index (Phi) is 7.47. The molecular weight excluding hydrogens is 420 g/mol. The lowest BCUT2D eigenvalue weighted by Gasteiger charge is -2.69.